The Kier molecular flexibility index (Phi) is 4.84. The predicted octanol–water partition coefficient (Wildman–Crippen LogP) is 4.00. The summed E-state index contributed by atoms with van der Waals surface area (Å²) in [7, 11) is 0. The van der Waals surface area contributed by atoms with Gasteiger partial charge < -0.3 is 9.32 Å². The fraction of sp³-hybridized carbons (Fsp3) is 0.227. The van der Waals surface area contributed by atoms with Gasteiger partial charge in [0.05, 0.1) is 11.5 Å². The third-order valence-electron chi connectivity index (χ3n) is 5.31. The van der Waals surface area contributed by atoms with E-state index in [4.69, 9.17) is 16.6 Å². The number of hydrogen-bond acceptors (Lipinski definition) is 4. The van der Waals surface area contributed by atoms with Gasteiger partial charge in [-0.25, -0.2) is 0 Å². The van der Waals surface area contributed by atoms with E-state index in [2.05, 4.69) is 11.4 Å². The molecule has 1 aromatic heterocycles. The zero-order valence-corrected chi connectivity index (χ0v) is 16.0. The number of likely N-dealkylation sites (tertiary alicyclic amines) is 1. The molecule has 5 nitrogen and oxygen atoms in total. The molecule has 28 heavy (non-hydrogen) atoms. The van der Waals surface area contributed by atoms with Crippen LogP contribution in [0.5, 0.6) is 0 Å². The molecule has 3 aromatic rings. The van der Waals surface area contributed by atoms with E-state index in [1.165, 1.54) is 0 Å². The van der Waals surface area contributed by atoms with Gasteiger partial charge in [0.2, 0.25) is 0 Å². The maximum atomic E-state index is 12.5. The van der Waals surface area contributed by atoms with Crippen molar-refractivity contribution >= 4 is 34.2 Å². The molecule has 6 heteroatoms. The number of rotatable bonds is 2. The maximum Gasteiger partial charge on any atom is 0.293 e. The zero-order chi connectivity index (χ0) is 19.6. The SMILES string of the molecule is N#CC1(c2ccccc2)CCN(C(=S)NC(=O)c2cc3ccccc3o2)CC1. The van der Waals surface area contributed by atoms with Crippen LogP contribution in [-0.4, -0.2) is 29.0 Å². The molecule has 0 spiro atoms. The predicted molar refractivity (Wildman–Crippen MR) is 111 cm³/mol. The topological polar surface area (TPSA) is 69.3 Å². The van der Waals surface area contributed by atoms with E-state index < -0.39 is 5.41 Å². The molecule has 0 unspecified atom stereocenters. The molecule has 1 amide bonds. The molecule has 2 aromatic carbocycles. The summed E-state index contributed by atoms with van der Waals surface area (Å²) in [4.78, 5) is 14.4. The van der Waals surface area contributed by atoms with Crippen molar-refractivity contribution in [2.75, 3.05) is 13.1 Å². The second-order valence-corrected chi connectivity index (χ2v) is 7.34. The number of hydrogen-bond donors (Lipinski definition) is 1. The normalized spacial score (nSPS) is 15.8. The molecule has 2 heterocycles. The Morgan fingerprint density at radius 2 is 1.79 bits per heavy atom. The molecule has 1 N–H and O–H groups in total. The Morgan fingerprint density at radius 1 is 1.11 bits per heavy atom. The Hall–Kier alpha value is -3.17. The summed E-state index contributed by atoms with van der Waals surface area (Å²) in [6.45, 7) is 1.23. The summed E-state index contributed by atoms with van der Waals surface area (Å²) in [6, 6.07) is 21.5. The highest BCUT2D eigenvalue weighted by Crippen LogP contribution is 2.34. The molecule has 1 aliphatic rings. The quantitative estimate of drug-likeness (QED) is 0.671. The third-order valence-corrected chi connectivity index (χ3v) is 5.67. The van der Waals surface area contributed by atoms with Gasteiger partial charge in [-0.2, -0.15) is 5.26 Å². The van der Waals surface area contributed by atoms with Crippen molar-refractivity contribution in [3.8, 4) is 6.07 Å². The van der Waals surface area contributed by atoms with Crippen LogP contribution in [0.4, 0.5) is 0 Å². The van der Waals surface area contributed by atoms with Gasteiger partial charge in [-0.1, -0.05) is 48.5 Å². The van der Waals surface area contributed by atoms with Crippen molar-refractivity contribution in [1.29, 1.82) is 5.26 Å². The van der Waals surface area contributed by atoms with Gasteiger partial charge in [0.25, 0.3) is 5.91 Å². The minimum Gasteiger partial charge on any atom is -0.451 e. The van der Waals surface area contributed by atoms with E-state index in [1.54, 1.807) is 6.07 Å². The van der Waals surface area contributed by atoms with Gasteiger partial charge in [-0.3, -0.25) is 10.1 Å². The first-order chi connectivity index (χ1) is 13.6. The average molecular weight is 389 g/mol. The minimum absolute atomic E-state index is 0.233. The van der Waals surface area contributed by atoms with Gasteiger partial charge >= 0.3 is 0 Å². The first-order valence-corrected chi connectivity index (χ1v) is 9.58. The lowest BCUT2D eigenvalue weighted by Gasteiger charge is -2.38. The molecule has 0 aliphatic carbocycles. The Labute approximate surface area is 168 Å². The lowest BCUT2D eigenvalue weighted by atomic mass is 9.74. The molecule has 0 saturated carbocycles. The van der Waals surface area contributed by atoms with E-state index >= 15 is 0 Å². The largest absolute Gasteiger partial charge is 0.451 e. The lowest BCUT2D eigenvalue weighted by Crippen LogP contribution is -2.49. The van der Waals surface area contributed by atoms with Crippen LogP contribution < -0.4 is 5.32 Å². The Morgan fingerprint density at radius 3 is 2.46 bits per heavy atom. The molecule has 1 saturated heterocycles. The van der Waals surface area contributed by atoms with Gasteiger partial charge in [-0.15, -0.1) is 0 Å². The molecule has 0 atom stereocenters. The smallest absolute Gasteiger partial charge is 0.293 e. The molecule has 1 fully saturated rings. The second-order valence-electron chi connectivity index (χ2n) is 6.95. The van der Waals surface area contributed by atoms with Crippen molar-refractivity contribution in [2.45, 2.75) is 18.3 Å². The zero-order valence-electron chi connectivity index (χ0n) is 15.2. The molecule has 0 radical (unpaired) electrons. The van der Waals surface area contributed by atoms with E-state index in [-0.39, 0.29) is 11.7 Å². The number of thiocarbonyl (C=S) groups is 1. The van der Waals surface area contributed by atoms with Gasteiger partial charge in [0, 0.05) is 18.5 Å². The van der Waals surface area contributed by atoms with Crippen LogP contribution >= 0.6 is 12.2 Å². The number of nitrogens with one attached hydrogen (secondary N) is 1. The monoisotopic (exact) mass is 389 g/mol. The molecular weight excluding hydrogens is 370 g/mol. The van der Waals surface area contributed by atoms with Crippen molar-refractivity contribution in [3.63, 3.8) is 0 Å². The average Bonchev–Trinajstić information content (AvgIpc) is 3.19. The number of fused-ring (bicyclic) bond motifs is 1. The number of benzene rings is 2. The van der Waals surface area contributed by atoms with Crippen LogP contribution in [-0.2, 0) is 5.41 Å². The third kappa shape index (κ3) is 3.37. The number of nitriles is 1. The highest BCUT2D eigenvalue weighted by molar-refractivity contribution is 7.80. The summed E-state index contributed by atoms with van der Waals surface area (Å²) < 4.78 is 5.59. The number of para-hydroxylation sites is 1. The van der Waals surface area contributed by atoms with Crippen molar-refractivity contribution in [2.24, 2.45) is 0 Å². The van der Waals surface area contributed by atoms with Crippen LogP contribution in [0.1, 0.15) is 29.0 Å². The first kappa shape index (κ1) is 18.2. The van der Waals surface area contributed by atoms with Gasteiger partial charge in [0.1, 0.15) is 5.58 Å². The number of piperidine rings is 1. The second kappa shape index (κ2) is 7.45. The molecule has 140 valence electrons. The fourth-order valence-corrected chi connectivity index (χ4v) is 3.92. The summed E-state index contributed by atoms with van der Waals surface area (Å²) in [5.41, 5.74) is 1.20. The number of nitrogens with zero attached hydrogens (tertiary/aromatic N) is 2. The molecule has 1 aliphatic heterocycles. The Balaban J connectivity index is 1.41. The van der Waals surface area contributed by atoms with E-state index in [9.17, 15) is 10.1 Å². The molecule has 0 bridgehead atoms. The number of carbonyl (C=O) groups excluding carboxylic acids is 1. The van der Waals surface area contributed by atoms with E-state index in [0.717, 1.165) is 10.9 Å². The van der Waals surface area contributed by atoms with Crippen LogP contribution in [0.15, 0.2) is 65.1 Å². The van der Waals surface area contributed by atoms with Crippen molar-refractivity contribution in [3.05, 3.63) is 72.0 Å². The van der Waals surface area contributed by atoms with Gasteiger partial charge in [-0.05, 0) is 42.8 Å². The summed E-state index contributed by atoms with van der Waals surface area (Å²) in [6.07, 6.45) is 1.32. The fourth-order valence-electron chi connectivity index (χ4n) is 3.65. The van der Waals surface area contributed by atoms with Crippen LogP contribution in [0, 0.1) is 11.3 Å². The number of carbonyl (C=O) groups is 1. The minimum atomic E-state index is -0.504. The maximum absolute atomic E-state index is 12.5. The van der Waals surface area contributed by atoms with Crippen LogP contribution in [0.2, 0.25) is 0 Å². The summed E-state index contributed by atoms with van der Waals surface area (Å²) in [5.74, 6) is -0.127. The van der Waals surface area contributed by atoms with Gasteiger partial charge in [0.15, 0.2) is 10.9 Å². The van der Waals surface area contributed by atoms with E-state index in [1.807, 2.05) is 59.5 Å². The highest BCUT2D eigenvalue weighted by Gasteiger charge is 2.37. The van der Waals surface area contributed by atoms with E-state index in [0.29, 0.717) is 36.6 Å². The molecule has 4 rings (SSSR count). The van der Waals surface area contributed by atoms with Crippen molar-refractivity contribution < 1.29 is 9.21 Å². The summed E-state index contributed by atoms with van der Waals surface area (Å²) in [5, 5.41) is 13.8. The number of furan rings is 1. The number of amides is 1. The highest BCUT2D eigenvalue weighted by atomic mass is 32.1. The van der Waals surface area contributed by atoms with Crippen molar-refractivity contribution in [1.82, 2.24) is 10.2 Å². The van der Waals surface area contributed by atoms with Crippen LogP contribution in [0.3, 0.4) is 0 Å². The molecular formula is C22H19N3O2S. The lowest BCUT2D eigenvalue weighted by molar-refractivity contribution is 0.0946. The standard InChI is InChI=1S/C22H19N3O2S/c23-15-22(17-7-2-1-3-8-17)10-12-25(13-11-22)21(28)24-20(26)19-14-16-6-4-5-9-18(16)27-19/h1-9,14H,10-13H2,(H,24,26,28). The summed E-state index contributed by atoms with van der Waals surface area (Å²) >= 11 is 5.43. The first-order valence-electron chi connectivity index (χ1n) is 9.17. The van der Waals surface area contributed by atoms with Crippen LogP contribution in [0.25, 0.3) is 11.0 Å². The Bertz CT molecular complexity index is 1030.